The molecule has 0 aromatic carbocycles. The molecule has 0 aliphatic heterocycles. The molecular weight excluding hydrogens is 410 g/mol. The maximum atomic E-state index is 4.64. The van der Waals surface area contributed by atoms with Crippen molar-refractivity contribution in [3.63, 3.8) is 0 Å². The first kappa shape index (κ1) is 30.2. The van der Waals surface area contributed by atoms with E-state index in [1.165, 1.54) is 36.0 Å². The summed E-state index contributed by atoms with van der Waals surface area (Å²) in [6, 6.07) is 0.289. The van der Waals surface area contributed by atoms with Crippen LogP contribution < -0.4 is 0 Å². The molecule has 0 bridgehead atoms. The molecule has 0 saturated heterocycles. The minimum absolute atomic E-state index is 0.102. The van der Waals surface area contributed by atoms with E-state index in [2.05, 4.69) is 137 Å². The van der Waals surface area contributed by atoms with Gasteiger partial charge in [-0.05, 0) is 50.2 Å². The molecule has 0 radical (unpaired) electrons. The van der Waals surface area contributed by atoms with Gasteiger partial charge in [-0.1, -0.05) is 115 Å². The van der Waals surface area contributed by atoms with Crippen molar-refractivity contribution in [2.24, 2.45) is 23.2 Å². The number of hydrogen-bond donors (Lipinski definition) is 0. The maximum absolute atomic E-state index is 4.64. The quantitative estimate of drug-likeness (QED) is 0.117. The Bertz CT molecular complexity index is 823. The zero-order chi connectivity index (χ0) is 25.9. The van der Waals surface area contributed by atoms with Gasteiger partial charge in [0.1, 0.15) is 6.04 Å². The molecule has 1 heteroatoms. The van der Waals surface area contributed by atoms with Crippen LogP contribution >= 0.6 is 0 Å². The molecule has 0 saturated carbocycles. The van der Waals surface area contributed by atoms with Crippen molar-refractivity contribution in [3.8, 4) is 0 Å². The Hall–Kier alpha value is -1.86. The zero-order valence-electron chi connectivity index (χ0n) is 24.1. The first-order valence-electron chi connectivity index (χ1n) is 13.5. The molecule has 1 aliphatic carbocycles. The lowest BCUT2D eigenvalue weighted by atomic mass is 9.70. The molecule has 1 nitrogen and oxygen atoms in total. The Morgan fingerprint density at radius 1 is 1.12 bits per heavy atom. The van der Waals surface area contributed by atoms with Crippen LogP contribution in [-0.4, -0.2) is 24.6 Å². The highest BCUT2D eigenvalue weighted by atomic mass is 15.3. The van der Waals surface area contributed by atoms with E-state index in [0.717, 1.165) is 10.9 Å². The highest BCUT2D eigenvalue weighted by molar-refractivity contribution is 5.39. The van der Waals surface area contributed by atoms with Gasteiger partial charge < -0.3 is 0 Å². The number of unbranched alkanes of at least 4 members (excludes halogenated alkanes) is 3. The molecule has 1 rings (SSSR count). The number of allylic oxidation sites excluding steroid dienone is 10. The lowest BCUT2D eigenvalue weighted by molar-refractivity contribution is -0.868. The van der Waals surface area contributed by atoms with Crippen LogP contribution in [0.5, 0.6) is 0 Å². The fraction of sp³-hybridized carbons (Fsp3) is 0.576. The van der Waals surface area contributed by atoms with E-state index in [-0.39, 0.29) is 11.5 Å². The van der Waals surface area contributed by atoms with Crippen LogP contribution in [0, 0.1) is 23.2 Å². The van der Waals surface area contributed by atoms with Crippen LogP contribution in [0.3, 0.4) is 0 Å². The number of hydrogen-bond acceptors (Lipinski definition) is 0. The highest BCUT2D eigenvalue weighted by Crippen LogP contribution is 2.40. The van der Waals surface area contributed by atoms with E-state index in [1.54, 1.807) is 0 Å². The average Bonchev–Trinajstić information content (AvgIpc) is 2.73. The third kappa shape index (κ3) is 8.73. The molecule has 1 aliphatic rings. The van der Waals surface area contributed by atoms with E-state index in [9.17, 15) is 0 Å². The summed E-state index contributed by atoms with van der Waals surface area (Å²) in [5, 5.41) is 0. The lowest BCUT2D eigenvalue weighted by Crippen LogP contribution is -2.54. The molecule has 0 N–H and O–H groups in total. The summed E-state index contributed by atoms with van der Waals surface area (Å²) >= 11 is 0. The third-order valence-electron chi connectivity index (χ3n) is 7.70. The molecule has 0 spiro atoms. The average molecular weight is 465 g/mol. The van der Waals surface area contributed by atoms with E-state index in [1.807, 2.05) is 0 Å². The van der Waals surface area contributed by atoms with Crippen molar-refractivity contribution in [1.82, 2.24) is 0 Å². The van der Waals surface area contributed by atoms with Gasteiger partial charge in [0.25, 0.3) is 0 Å². The van der Waals surface area contributed by atoms with Crippen LogP contribution in [0.25, 0.3) is 0 Å². The fourth-order valence-electron chi connectivity index (χ4n) is 5.21. The molecule has 190 valence electrons. The van der Waals surface area contributed by atoms with Crippen LogP contribution in [0.15, 0.2) is 84.2 Å². The van der Waals surface area contributed by atoms with Gasteiger partial charge in [-0.3, -0.25) is 4.48 Å². The molecule has 0 fully saturated rings. The molecule has 34 heavy (non-hydrogen) atoms. The highest BCUT2D eigenvalue weighted by Gasteiger charge is 2.43. The largest absolute Gasteiger partial charge is 0.296 e. The van der Waals surface area contributed by atoms with Crippen molar-refractivity contribution in [2.45, 2.75) is 87.1 Å². The molecule has 2 unspecified atom stereocenters. The first-order chi connectivity index (χ1) is 15.9. The second-order valence-corrected chi connectivity index (χ2v) is 11.6. The van der Waals surface area contributed by atoms with Gasteiger partial charge in [-0.2, -0.15) is 0 Å². The zero-order valence-corrected chi connectivity index (χ0v) is 24.1. The molecule has 0 heterocycles. The van der Waals surface area contributed by atoms with Crippen LogP contribution in [-0.2, 0) is 0 Å². The van der Waals surface area contributed by atoms with Gasteiger partial charge in [-0.25, -0.2) is 0 Å². The van der Waals surface area contributed by atoms with E-state index in [4.69, 9.17) is 0 Å². The predicted octanol–water partition coefficient (Wildman–Crippen LogP) is 9.59. The Morgan fingerprint density at radius 2 is 1.76 bits per heavy atom. The first-order valence-corrected chi connectivity index (χ1v) is 13.5. The second-order valence-electron chi connectivity index (χ2n) is 11.6. The summed E-state index contributed by atoms with van der Waals surface area (Å²) < 4.78 is 0.816. The summed E-state index contributed by atoms with van der Waals surface area (Å²) in [5.41, 5.74) is 4.04. The number of nitrogens with zero attached hydrogens (tertiary/aromatic N) is 1. The minimum Gasteiger partial charge on any atom is -0.296 e. The Morgan fingerprint density at radius 3 is 2.35 bits per heavy atom. The number of likely N-dealkylation sites (N-methyl/N-ethyl adjacent to an activating group) is 1. The van der Waals surface area contributed by atoms with E-state index < -0.39 is 0 Å². The van der Waals surface area contributed by atoms with Gasteiger partial charge >= 0.3 is 0 Å². The summed E-state index contributed by atoms with van der Waals surface area (Å²) in [5.74, 6) is 1.31. The second kappa shape index (κ2) is 13.9. The topological polar surface area (TPSA) is 0 Å². The summed E-state index contributed by atoms with van der Waals surface area (Å²) in [4.78, 5) is 0. The monoisotopic (exact) mass is 464 g/mol. The third-order valence-corrected chi connectivity index (χ3v) is 7.70. The summed E-state index contributed by atoms with van der Waals surface area (Å²) in [6.07, 6.45) is 27.9. The standard InChI is InChI=1S/C33H54N/c1-12-14-15-16-19-24-34(10,11)32(33(8,9)26(3)4)28(6)22-23-30(13-2)31-21-18-17-20-27(5)25-29(31)7/h13,17-27,31-32H,6,12,14-16H2,1-5,7-11H3/q+1/b20-17-,21-18-,23-22-,24-19-,29-25-,30-13+/t27?,31?,32-/m1/s1. The normalized spacial score (nSPS) is 24.7. The molecule has 0 amide bonds. The van der Waals surface area contributed by atoms with Crippen LogP contribution in [0.4, 0.5) is 0 Å². The Kier molecular flexibility index (Phi) is 12.3. The van der Waals surface area contributed by atoms with Gasteiger partial charge in [0.2, 0.25) is 0 Å². The van der Waals surface area contributed by atoms with E-state index >= 15 is 0 Å². The van der Waals surface area contributed by atoms with Crippen molar-refractivity contribution >= 4 is 0 Å². The van der Waals surface area contributed by atoms with Crippen LogP contribution in [0.2, 0.25) is 0 Å². The lowest BCUT2D eigenvalue weighted by Gasteiger charge is -2.46. The van der Waals surface area contributed by atoms with Gasteiger partial charge in [0.15, 0.2) is 0 Å². The summed E-state index contributed by atoms with van der Waals surface area (Å²) in [7, 11) is 4.66. The van der Waals surface area contributed by atoms with Gasteiger partial charge in [0, 0.05) is 16.9 Å². The van der Waals surface area contributed by atoms with Crippen LogP contribution in [0.1, 0.15) is 81.1 Å². The molecular formula is C33H54N+. The Balaban J connectivity index is 3.26. The number of quaternary nitrogens is 1. The fourth-order valence-corrected chi connectivity index (χ4v) is 5.21. The van der Waals surface area contributed by atoms with Gasteiger partial charge in [0.05, 0.1) is 20.3 Å². The maximum Gasteiger partial charge on any atom is 0.123 e. The Labute approximate surface area is 213 Å². The van der Waals surface area contributed by atoms with Crippen molar-refractivity contribution in [1.29, 1.82) is 0 Å². The molecule has 3 atom stereocenters. The smallest absolute Gasteiger partial charge is 0.123 e. The summed E-state index contributed by atoms with van der Waals surface area (Å²) in [6.45, 7) is 23.0. The SMILES string of the molecule is C=C(/C=C\C(=C/C)C1/C=C\C=C/C(C)/C=C\1C)[C@H](C(C)(C)C(C)C)[N+](C)(C)/C=C\CCCCC. The predicted molar refractivity (Wildman–Crippen MR) is 155 cm³/mol. The van der Waals surface area contributed by atoms with E-state index in [0.29, 0.717) is 17.8 Å². The molecule has 0 aromatic heterocycles. The van der Waals surface area contributed by atoms with Gasteiger partial charge in [-0.15, -0.1) is 0 Å². The van der Waals surface area contributed by atoms with Crippen molar-refractivity contribution in [2.75, 3.05) is 14.1 Å². The van der Waals surface area contributed by atoms with Crippen molar-refractivity contribution in [3.05, 3.63) is 84.2 Å². The number of rotatable bonds is 12. The van der Waals surface area contributed by atoms with Crippen molar-refractivity contribution < 1.29 is 4.48 Å². The molecule has 0 aromatic rings. The minimum atomic E-state index is 0.102.